The van der Waals surface area contributed by atoms with E-state index >= 15 is 0 Å². The standard InChI is InChI=1S/C18H30FNOSi/c1-13(2)17(12-21-22(3,4)5)20-18(14-9-10-14)15-7-6-8-16(19)11-15/h6-8,11,13-14,17-18,20H,9-10,12H2,1-5H3/t17-,18?/m1/s1. The summed E-state index contributed by atoms with van der Waals surface area (Å²) in [4.78, 5) is 0. The Morgan fingerprint density at radius 3 is 2.45 bits per heavy atom. The smallest absolute Gasteiger partial charge is 0.183 e. The molecule has 1 N–H and O–H groups in total. The van der Waals surface area contributed by atoms with E-state index in [1.807, 2.05) is 12.1 Å². The lowest BCUT2D eigenvalue weighted by molar-refractivity contribution is 0.207. The van der Waals surface area contributed by atoms with Crippen molar-refractivity contribution in [3.05, 3.63) is 35.6 Å². The highest BCUT2D eigenvalue weighted by atomic mass is 28.4. The first-order chi connectivity index (χ1) is 10.3. The number of rotatable bonds is 8. The maximum Gasteiger partial charge on any atom is 0.183 e. The summed E-state index contributed by atoms with van der Waals surface area (Å²) >= 11 is 0. The summed E-state index contributed by atoms with van der Waals surface area (Å²) in [6, 6.07) is 7.59. The van der Waals surface area contributed by atoms with Gasteiger partial charge in [0.15, 0.2) is 8.32 Å². The fourth-order valence-corrected chi connectivity index (χ4v) is 3.32. The molecular formula is C18H30FNOSi. The lowest BCUT2D eigenvalue weighted by atomic mass is 9.98. The third-order valence-electron chi connectivity index (χ3n) is 4.20. The molecule has 4 heteroatoms. The van der Waals surface area contributed by atoms with E-state index in [-0.39, 0.29) is 11.9 Å². The molecule has 124 valence electrons. The summed E-state index contributed by atoms with van der Waals surface area (Å²) in [7, 11) is -1.52. The lowest BCUT2D eigenvalue weighted by Gasteiger charge is -2.31. The topological polar surface area (TPSA) is 21.3 Å². The summed E-state index contributed by atoms with van der Waals surface area (Å²) < 4.78 is 19.7. The van der Waals surface area contributed by atoms with Crippen molar-refractivity contribution in [2.75, 3.05) is 6.61 Å². The zero-order chi connectivity index (χ0) is 16.3. The quantitative estimate of drug-likeness (QED) is 0.698. The number of nitrogens with one attached hydrogen (secondary N) is 1. The van der Waals surface area contributed by atoms with Crippen LogP contribution in [0.1, 0.15) is 38.3 Å². The molecule has 2 nitrogen and oxygen atoms in total. The Hall–Kier alpha value is -0.713. The molecular weight excluding hydrogens is 293 g/mol. The van der Waals surface area contributed by atoms with Crippen LogP contribution >= 0.6 is 0 Å². The number of hydrogen-bond acceptors (Lipinski definition) is 2. The molecule has 22 heavy (non-hydrogen) atoms. The monoisotopic (exact) mass is 323 g/mol. The van der Waals surface area contributed by atoms with Crippen molar-refractivity contribution in [1.82, 2.24) is 5.32 Å². The minimum absolute atomic E-state index is 0.149. The molecule has 0 spiro atoms. The number of halogens is 1. The predicted octanol–water partition coefficient (Wildman–Crippen LogP) is 4.74. The fourth-order valence-electron chi connectivity index (χ4n) is 2.64. The van der Waals surface area contributed by atoms with E-state index in [0.29, 0.717) is 17.9 Å². The fraction of sp³-hybridized carbons (Fsp3) is 0.667. The Morgan fingerprint density at radius 2 is 1.95 bits per heavy atom. The van der Waals surface area contributed by atoms with Crippen LogP contribution < -0.4 is 5.32 Å². The minimum atomic E-state index is -1.52. The predicted molar refractivity (Wildman–Crippen MR) is 92.9 cm³/mol. The van der Waals surface area contributed by atoms with E-state index in [2.05, 4.69) is 38.8 Å². The van der Waals surface area contributed by atoms with Crippen molar-refractivity contribution < 1.29 is 8.82 Å². The molecule has 2 rings (SSSR count). The van der Waals surface area contributed by atoms with Crippen molar-refractivity contribution in [2.45, 2.75) is 58.4 Å². The average molecular weight is 324 g/mol. The molecule has 1 saturated carbocycles. The average Bonchev–Trinajstić information content (AvgIpc) is 3.21. The van der Waals surface area contributed by atoms with Gasteiger partial charge in [-0.15, -0.1) is 0 Å². The Kier molecular flexibility index (Phi) is 5.80. The molecule has 1 aliphatic carbocycles. The number of hydrogen-bond donors (Lipinski definition) is 1. The van der Waals surface area contributed by atoms with E-state index < -0.39 is 8.32 Å². The van der Waals surface area contributed by atoms with Crippen LogP contribution in [0.3, 0.4) is 0 Å². The van der Waals surface area contributed by atoms with E-state index in [0.717, 1.165) is 12.2 Å². The largest absolute Gasteiger partial charge is 0.416 e. The van der Waals surface area contributed by atoms with Gasteiger partial charge in [0.25, 0.3) is 0 Å². The molecule has 1 fully saturated rings. The van der Waals surface area contributed by atoms with Crippen molar-refractivity contribution in [3.63, 3.8) is 0 Å². The normalized spacial score (nSPS) is 18.5. The summed E-state index contributed by atoms with van der Waals surface area (Å²) in [5, 5.41) is 3.76. The molecule has 0 heterocycles. The Balaban J connectivity index is 2.07. The maximum absolute atomic E-state index is 13.6. The van der Waals surface area contributed by atoms with Gasteiger partial charge in [-0.2, -0.15) is 0 Å². The van der Waals surface area contributed by atoms with E-state index in [9.17, 15) is 4.39 Å². The summed E-state index contributed by atoms with van der Waals surface area (Å²) in [6.07, 6.45) is 2.46. The van der Waals surface area contributed by atoms with Crippen LogP contribution in [0.5, 0.6) is 0 Å². The molecule has 1 unspecified atom stereocenters. The molecule has 1 aromatic rings. The first kappa shape index (κ1) is 17.6. The van der Waals surface area contributed by atoms with Crippen LogP contribution in [-0.2, 0) is 4.43 Å². The maximum atomic E-state index is 13.6. The minimum Gasteiger partial charge on any atom is -0.416 e. The molecule has 0 amide bonds. The van der Waals surface area contributed by atoms with Crippen LogP contribution in [0.15, 0.2) is 24.3 Å². The van der Waals surface area contributed by atoms with E-state index in [1.165, 1.54) is 18.9 Å². The van der Waals surface area contributed by atoms with Crippen molar-refractivity contribution in [2.24, 2.45) is 11.8 Å². The van der Waals surface area contributed by atoms with Gasteiger partial charge in [-0.3, -0.25) is 0 Å². The summed E-state index contributed by atoms with van der Waals surface area (Å²) in [5.74, 6) is 0.977. The van der Waals surface area contributed by atoms with Crippen molar-refractivity contribution in [3.8, 4) is 0 Å². The SMILES string of the molecule is CC(C)[C@@H](CO[Si](C)(C)C)NC(c1cccc(F)c1)C1CC1. The highest BCUT2D eigenvalue weighted by Gasteiger charge is 2.34. The van der Waals surface area contributed by atoms with Gasteiger partial charge in [-0.1, -0.05) is 26.0 Å². The Labute approximate surface area is 135 Å². The first-order valence-electron chi connectivity index (χ1n) is 8.42. The van der Waals surface area contributed by atoms with Crippen LogP contribution in [0, 0.1) is 17.7 Å². The van der Waals surface area contributed by atoms with Gasteiger partial charge in [0, 0.05) is 18.7 Å². The second-order valence-corrected chi connectivity index (χ2v) is 12.3. The van der Waals surface area contributed by atoms with E-state index in [4.69, 9.17) is 4.43 Å². The molecule has 0 aromatic heterocycles. The summed E-state index contributed by atoms with van der Waals surface area (Å²) in [5.41, 5.74) is 1.07. The van der Waals surface area contributed by atoms with Gasteiger partial charge in [-0.25, -0.2) is 4.39 Å². The Bertz CT molecular complexity index is 482. The molecule has 0 radical (unpaired) electrons. The third-order valence-corrected chi connectivity index (χ3v) is 5.23. The second-order valence-electron chi connectivity index (χ2n) is 7.81. The van der Waals surface area contributed by atoms with E-state index in [1.54, 1.807) is 6.07 Å². The van der Waals surface area contributed by atoms with Crippen LogP contribution in [0.2, 0.25) is 19.6 Å². The molecule has 0 aliphatic heterocycles. The van der Waals surface area contributed by atoms with Gasteiger partial charge < -0.3 is 9.74 Å². The molecule has 0 bridgehead atoms. The third kappa shape index (κ3) is 5.49. The highest BCUT2D eigenvalue weighted by Crippen LogP contribution is 2.41. The van der Waals surface area contributed by atoms with Crippen molar-refractivity contribution in [1.29, 1.82) is 0 Å². The highest BCUT2D eigenvalue weighted by molar-refractivity contribution is 6.69. The van der Waals surface area contributed by atoms with Gasteiger partial charge in [0.1, 0.15) is 5.82 Å². The zero-order valence-corrected chi connectivity index (χ0v) is 15.5. The molecule has 0 saturated heterocycles. The first-order valence-corrected chi connectivity index (χ1v) is 11.8. The van der Waals surface area contributed by atoms with Gasteiger partial charge in [0.2, 0.25) is 0 Å². The number of benzene rings is 1. The molecule has 1 aliphatic rings. The second kappa shape index (κ2) is 7.24. The van der Waals surface area contributed by atoms with Crippen LogP contribution in [-0.4, -0.2) is 21.0 Å². The van der Waals surface area contributed by atoms with Gasteiger partial charge in [-0.05, 0) is 62.0 Å². The molecule has 1 aromatic carbocycles. The van der Waals surface area contributed by atoms with Crippen LogP contribution in [0.4, 0.5) is 4.39 Å². The van der Waals surface area contributed by atoms with Crippen LogP contribution in [0.25, 0.3) is 0 Å². The summed E-state index contributed by atoms with van der Waals surface area (Å²) in [6.45, 7) is 11.8. The van der Waals surface area contributed by atoms with Crippen molar-refractivity contribution >= 4 is 8.32 Å². The molecule has 2 atom stereocenters. The zero-order valence-electron chi connectivity index (χ0n) is 14.5. The lowest BCUT2D eigenvalue weighted by Crippen LogP contribution is -2.43. The van der Waals surface area contributed by atoms with Gasteiger partial charge in [0.05, 0.1) is 0 Å². The Morgan fingerprint density at radius 1 is 1.27 bits per heavy atom. The van der Waals surface area contributed by atoms with Gasteiger partial charge >= 0.3 is 0 Å².